The number of ketones is 1. The van der Waals surface area contributed by atoms with Crippen molar-refractivity contribution >= 4 is 28.8 Å². The normalized spacial score (nSPS) is 24.8. The van der Waals surface area contributed by atoms with Crippen LogP contribution in [-0.2, 0) is 14.3 Å². The van der Waals surface area contributed by atoms with Crippen molar-refractivity contribution in [3.63, 3.8) is 0 Å². The molecule has 2 atom stereocenters. The average molecular weight is 427 g/mol. The number of hydrogen-bond donors (Lipinski definition) is 1. The van der Waals surface area contributed by atoms with Crippen LogP contribution in [0.3, 0.4) is 0 Å². The van der Waals surface area contributed by atoms with Gasteiger partial charge < -0.3 is 24.2 Å². The number of aliphatic hydroxyl groups excluding tert-OH is 1. The molecule has 0 radical (unpaired) electrons. The van der Waals surface area contributed by atoms with Crippen LogP contribution in [-0.4, -0.2) is 47.7 Å². The van der Waals surface area contributed by atoms with Crippen molar-refractivity contribution in [1.29, 1.82) is 0 Å². The van der Waals surface area contributed by atoms with Gasteiger partial charge in [-0.3, -0.25) is 9.59 Å². The first-order valence-corrected chi connectivity index (χ1v) is 10.8. The van der Waals surface area contributed by atoms with Crippen LogP contribution in [0.1, 0.15) is 34.9 Å². The zero-order valence-electron chi connectivity index (χ0n) is 16.4. The first-order chi connectivity index (χ1) is 14.5. The molecule has 8 heteroatoms. The Labute approximate surface area is 177 Å². The number of aryl methyl sites for hydroxylation is 1. The molecule has 1 aromatic heterocycles. The monoisotopic (exact) mass is 427 g/mol. The highest BCUT2D eigenvalue weighted by Crippen LogP contribution is 2.44. The van der Waals surface area contributed by atoms with E-state index in [-0.39, 0.29) is 24.2 Å². The SMILES string of the molecule is Cc1ccsc1C1/C(=C(/O)c2ccc3c(c2)OCO3)C(=O)C(=O)N1CC1CCCO1. The van der Waals surface area contributed by atoms with Gasteiger partial charge in [0.15, 0.2) is 11.5 Å². The van der Waals surface area contributed by atoms with Gasteiger partial charge in [0.25, 0.3) is 11.7 Å². The molecule has 30 heavy (non-hydrogen) atoms. The second-order valence-electron chi connectivity index (χ2n) is 7.62. The number of benzene rings is 1. The molecule has 2 fully saturated rings. The van der Waals surface area contributed by atoms with Gasteiger partial charge in [-0.15, -0.1) is 11.3 Å². The fourth-order valence-electron chi connectivity index (χ4n) is 4.21. The molecule has 156 valence electrons. The number of Topliss-reactive ketones (excluding diaryl/α,β-unsaturated/α-hetero) is 1. The van der Waals surface area contributed by atoms with Crippen LogP contribution >= 0.6 is 11.3 Å². The molecule has 3 aliphatic rings. The van der Waals surface area contributed by atoms with Crippen LogP contribution in [0.5, 0.6) is 11.5 Å². The predicted octanol–water partition coefficient (Wildman–Crippen LogP) is 3.39. The number of amides is 1. The summed E-state index contributed by atoms with van der Waals surface area (Å²) in [5.74, 6) is -0.418. The van der Waals surface area contributed by atoms with Gasteiger partial charge in [-0.25, -0.2) is 0 Å². The summed E-state index contributed by atoms with van der Waals surface area (Å²) in [6.07, 6.45) is 1.69. The maximum atomic E-state index is 13.1. The highest BCUT2D eigenvalue weighted by atomic mass is 32.1. The lowest BCUT2D eigenvalue weighted by Gasteiger charge is -2.27. The van der Waals surface area contributed by atoms with Crippen molar-refractivity contribution in [1.82, 2.24) is 4.90 Å². The third-order valence-electron chi connectivity index (χ3n) is 5.76. The van der Waals surface area contributed by atoms with Crippen LogP contribution in [0.25, 0.3) is 5.76 Å². The minimum Gasteiger partial charge on any atom is -0.507 e. The van der Waals surface area contributed by atoms with Crippen molar-refractivity contribution in [3.8, 4) is 11.5 Å². The minimum atomic E-state index is -0.680. The summed E-state index contributed by atoms with van der Waals surface area (Å²) in [5, 5.41) is 13.1. The number of carbonyl (C=O) groups excluding carboxylic acids is 2. The topological polar surface area (TPSA) is 85.3 Å². The zero-order valence-corrected chi connectivity index (χ0v) is 17.2. The molecule has 0 bridgehead atoms. The highest BCUT2D eigenvalue weighted by molar-refractivity contribution is 7.10. The summed E-state index contributed by atoms with van der Waals surface area (Å²) in [5.41, 5.74) is 1.48. The number of likely N-dealkylation sites (tertiary alicyclic amines) is 1. The molecule has 7 nitrogen and oxygen atoms in total. The first kappa shape index (κ1) is 19.1. The maximum absolute atomic E-state index is 13.1. The first-order valence-electron chi connectivity index (χ1n) is 9.88. The van der Waals surface area contributed by atoms with Gasteiger partial charge in [-0.05, 0) is 55.0 Å². The molecule has 1 amide bonds. The molecule has 5 rings (SSSR count). The molecule has 0 aliphatic carbocycles. The molecule has 1 N–H and O–H groups in total. The average Bonchev–Trinajstić information content (AvgIpc) is 3.52. The van der Waals surface area contributed by atoms with Crippen molar-refractivity contribution in [3.05, 3.63) is 51.2 Å². The van der Waals surface area contributed by atoms with Crippen molar-refractivity contribution < 1.29 is 28.9 Å². The number of carbonyl (C=O) groups is 2. The number of aliphatic hydroxyl groups is 1. The van der Waals surface area contributed by atoms with Crippen molar-refractivity contribution in [2.45, 2.75) is 31.9 Å². The van der Waals surface area contributed by atoms with E-state index in [0.29, 0.717) is 30.2 Å². The Morgan fingerprint density at radius 1 is 1.23 bits per heavy atom. The van der Waals surface area contributed by atoms with Crippen LogP contribution in [0.2, 0.25) is 0 Å². The lowest BCUT2D eigenvalue weighted by molar-refractivity contribution is -0.140. The van der Waals surface area contributed by atoms with Gasteiger partial charge in [0.2, 0.25) is 6.79 Å². The summed E-state index contributed by atoms with van der Waals surface area (Å²) < 4.78 is 16.4. The Hall–Kier alpha value is -2.84. The van der Waals surface area contributed by atoms with E-state index in [0.717, 1.165) is 23.3 Å². The van der Waals surface area contributed by atoms with Gasteiger partial charge in [0, 0.05) is 23.6 Å². The van der Waals surface area contributed by atoms with Crippen molar-refractivity contribution in [2.24, 2.45) is 0 Å². The lowest BCUT2D eigenvalue weighted by atomic mass is 9.98. The van der Waals surface area contributed by atoms with E-state index < -0.39 is 17.7 Å². The Morgan fingerprint density at radius 2 is 2.07 bits per heavy atom. The molecule has 3 aliphatic heterocycles. The highest BCUT2D eigenvalue weighted by Gasteiger charge is 2.48. The summed E-state index contributed by atoms with van der Waals surface area (Å²) in [6, 6.07) is 6.29. The second-order valence-corrected chi connectivity index (χ2v) is 8.57. The third-order valence-corrected chi connectivity index (χ3v) is 6.83. The van der Waals surface area contributed by atoms with Crippen LogP contribution in [0.15, 0.2) is 35.2 Å². The number of thiophene rings is 1. The lowest BCUT2D eigenvalue weighted by Crippen LogP contribution is -2.36. The van der Waals surface area contributed by atoms with Crippen molar-refractivity contribution in [2.75, 3.05) is 19.9 Å². The molecule has 4 heterocycles. The van der Waals surface area contributed by atoms with E-state index in [1.807, 2.05) is 18.4 Å². The maximum Gasteiger partial charge on any atom is 0.295 e. The predicted molar refractivity (Wildman–Crippen MR) is 110 cm³/mol. The summed E-state index contributed by atoms with van der Waals surface area (Å²) in [7, 11) is 0. The fourth-order valence-corrected chi connectivity index (χ4v) is 5.26. The van der Waals surface area contributed by atoms with Gasteiger partial charge in [0.05, 0.1) is 17.7 Å². The molecule has 2 aromatic rings. The van der Waals surface area contributed by atoms with E-state index in [2.05, 4.69) is 0 Å². The Kier molecular flexibility index (Phi) is 4.75. The quantitative estimate of drug-likeness (QED) is 0.457. The number of fused-ring (bicyclic) bond motifs is 1. The number of rotatable bonds is 4. The number of hydrogen-bond acceptors (Lipinski definition) is 7. The summed E-state index contributed by atoms with van der Waals surface area (Å²) in [6.45, 7) is 3.04. The molecule has 0 spiro atoms. The summed E-state index contributed by atoms with van der Waals surface area (Å²) >= 11 is 1.47. The summed E-state index contributed by atoms with van der Waals surface area (Å²) in [4.78, 5) is 28.5. The van der Waals surface area contributed by atoms with Gasteiger partial charge in [0.1, 0.15) is 5.76 Å². The van der Waals surface area contributed by atoms with E-state index >= 15 is 0 Å². The Bertz CT molecular complexity index is 1050. The van der Waals surface area contributed by atoms with E-state index in [1.54, 1.807) is 23.1 Å². The van der Waals surface area contributed by atoms with E-state index in [1.165, 1.54) is 11.3 Å². The second kappa shape index (κ2) is 7.45. The molecule has 2 unspecified atom stereocenters. The van der Waals surface area contributed by atoms with Crippen LogP contribution in [0, 0.1) is 6.92 Å². The third kappa shape index (κ3) is 3.07. The van der Waals surface area contributed by atoms with Gasteiger partial charge >= 0.3 is 0 Å². The Morgan fingerprint density at radius 3 is 2.80 bits per heavy atom. The van der Waals surface area contributed by atoms with E-state index in [4.69, 9.17) is 14.2 Å². The van der Waals surface area contributed by atoms with Crippen LogP contribution in [0.4, 0.5) is 0 Å². The molecule has 1 aromatic carbocycles. The van der Waals surface area contributed by atoms with Gasteiger partial charge in [-0.1, -0.05) is 0 Å². The largest absolute Gasteiger partial charge is 0.507 e. The van der Waals surface area contributed by atoms with Crippen LogP contribution < -0.4 is 9.47 Å². The zero-order chi connectivity index (χ0) is 20.8. The smallest absolute Gasteiger partial charge is 0.295 e. The molecular weight excluding hydrogens is 406 g/mol. The number of ether oxygens (including phenoxy) is 3. The Balaban J connectivity index is 1.61. The molecule has 2 saturated heterocycles. The van der Waals surface area contributed by atoms with Gasteiger partial charge in [-0.2, -0.15) is 0 Å². The van der Waals surface area contributed by atoms with E-state index in [9.17, 15) is 14.7 Å². The molecular formula is C22H21NO6S. The molecule has 0 saturated carbocycles. The minimum absolute atomic E-state index is 0.0995. The standard InChI is InChI=1S/C22H21NO6S/c1-12-6-8-30-21(12)18-17(19(24)13-4-5-15-16(9-13)29-11-28-15)20(25)22(26)23(18)10-14-3-2-7-27-14/h4-6,8-9,14,18,24H,2-3,7,10-11H2,1H3/b19-17-. The fraction of sp³-hybridized carbons (Fsp3) is 0.364. The number of nitrogens with zero attached hydrogens (tertiary/aromatic N) is 1.